The number of rotatable bonds is 4. The van der Waals surface area contributed by atoms with Crippen LogP contribution in [0.3, 0.4) is 0 Å². The van der Waals surface area contributed by atoms with Gasteiger partial charge in [-0.3, -0.25) is 4.79 Å². The lowest BCUT2D eigenvalue weighted by atomic mass is 10.1. The second-order valence-electron chi connectivity index (χ2n) is 12.3. The summed E-state index contributed by atoms with van der Waals surface area (Å²) in [5.41, 5.74) is 2.48. The minimum atomic E-state index is -0.911. The Morgan fingerprint density at radius 1 is 0.980 bits per heavy atom. The van der Waals surface area contributed by atoms with Crippen molar-refractivity contribution in [3.8, 4) is 17.1 Å². The first-order chi connectivity index (χ1) is 24.2. The normalized spacial score (nSPS) is 19.6. The summed E-state index contributed by atoms with van der Waals surface area (Å²) in [7, 11) is 1.73. The molecule has 7 heterocycles. The lowest BCUT2D eigenvalue weighted by molar-refractivity contribution is -0.133. The van der Waals surface area contributed by atoms with Crippen molar-refractivity contribution in [1.29, 1.82) is 0 Å². The van der Waals surface area contributed by atoms with Gasteiger partial charge in [-0.15, -0.1) is 0 Å². The summed E-state index contributed by atoms with van der Waals surface area (Å²) in [5.74, 6) is -1.22. The minimum absolute atomic E-state index is 0.177. The third kappa shape index (κ3) is 5.42. The molecule has 1 aromatic carbocycles. The van der Waals surface area contributed by atoms with E-state index in [0.717, 1.165) is 12.3 Å². The molecule has 256 valence electrons. The van der Waals surface area contributed by atoms with Crippen LogP contribution in [0.25, 0.3) is 39.1 Å². The third-order valence-corrected chi connectivity index (χ3v) is 9.10. The van der Waals surface area contributed by atoms with E-state index < -0.39 is 29.6 Å². The number of carbonyl (C=O) groups excluding carboxylic acids is 1. The highest BCUT2D eigenvalue weighted by Gasteiger charge is 2.41. The number of ether oxygens (including phenoxy) is 1. The highest BCUT2D eigenvalue weighted by molar-refractivity contribution is 5.93. The van der Waals surface area contributed by atoms with Gasteiger partial charge in [0, 0.05) is 56.7 Å². The predicted molar refractivity (Wildman–Crippen MR) is 176 cm³/mol. The summed E-state index contributed by atoms with van der Waals surface area (Å²) in [5, 5.41) is 8.12. The first-order valence-corrected chi connectivity index (χ1v) is 16.1. The lowest BCUT2D eigenvalue weighted by Gasteiger charge is -2.31. The second-order valence-corrected chi connectivity index (χ2v) is 12.3. The Morgan fingerprint density at radius 2 is 1.84 bits per heavy atom. The van der Waals surface area contributed by atoms with Crippen LogP contribution < -0.4 is 10.2 Å². The maximum Gasteiger partial charge on any atom is 0.245 e. The number of anilines is 2. The van der Waals surface area contributed by atoms with Crippen LogP contribution in [0.4, 0.5) is 24.9 Å². The van der Waals surface area contributed by atoms with Gasteiger partial charge in [0.1, 0.15) is 35.6 Å². The number of hydrogen-bond acceptors (Lipinski definition) is 11. The van der Waals surface area contributed by atoms with E-state index in [1.165, 1.54) is 29.3 Å². The first kappa shape index (κ1) is 31.6. The molecule has 0 unspecified atom stereocenters. The molecule has 8 rings (SSSR count). The van der Waals surface area contributed by atoms with Gasteiger partial charge in [-0.1, -0.05) is 0 Å². The van der Waals surface area contributed by atoms with Crippen LogP contribution in [0.2, 0.25) is 0 Å². The molecular formula is C33H31F3N12O2. The quantitative estimate of drug-likeness (QED) is 0.290. The van der Waals surface area contributed by atoms with Crippen molar-refractivity contribution in [3.05, 3.63) is 72.5 Å². The number of imidazole rings is 1. The first-order valence-electron chi connectivity index (χ1n) is 16.1. The van der Waals surface area contributed by atoms with Gasteiger partial charge in [0.25, 0.3) is 0 Å². The number of aryl methyl sites for hydroxylation is 1. The number of hydrogen-bond donors (Lipinski definition) is 1. The number of aromatic nitrogens is 9. The number of fused-ring (bicyclic) bond motifs is 6. The molecule has 5 aromatic heterocycles. The molecule has 3 atom stereocenters. The van der Waals surface area contributed by atoms with Crippen molar-refractivity contribution in [2.75, 3.05) is 37.0 Å². The standard InChI is InChI=1S/C33H31F3N12O2/c1-4-50-21-14-45(3)32(49)27-10-20(13-47(27)29-23-12-41-48(30(23)40-16-39-29)31-24(36)8-19(35)11-38-31)43-33-37-6-5-25(44-33)22-7-18(34)9-26-28(22)46(15-21)17(2)42-26/h5-9,11-12,16,20-21,27H,4,10,13-15H2,1-3H3,(H,37,43,44)/t20-,21-,27-/m0/s1. The fraction of sp³-hybridized carbons (Fsp3) is 0.333. The predicted octanol–water partition coefficient (Wildman–Crippen LogP) is 3.68. The van der Waals surface area contributed by atoms with Gasteiger partial charge in [0.15, 0.2) is 17.3 Å². The largest absolute Gasteiger partial charge is 0.375 e. The average molecular weight is 685 g/mol. The molecule has 17 heteroatoms. The van der Waals surface area contributed by atoms with Gasteiger partial charge in [-0.05, 0) is 32.4 Å². The van der Waals surface area contributed by atoms with E-state index in [1.54, 1.807) is 24.2 Å². The van der Waals surface area contributed by atoms with E-state index in [9.17, 15) is 18.0 Å². The molecular weight excluding hydrogens is 653 g/mol. The van der Waals surface area contributed by atoms with Gasteiger partial charge >= 0.3 is 0 Å². The van der Waals surface area contributed by atoms with Gasteiger partial charge < -0.3 is 24.4 Å². The second kappa shape index (κ2) is 12.3. The Bertz CT molecular complexity index is 2280. The fourth-order valence-corrected chi connectivity index (χ4v) is 6.97. The summed E-state index contributed by atoms with van der Waals surface area (Å²) in [6.07, 6.45) is 5.20. The van der Waals surface area contributed by atoms with Crippen molar-refractivity contribution < 1.29 is 22.7 Å². The highest BCUT2D eigenvalue weighted by atomic mass is 19.1. The summed E-state index contributed by atoms with van der Waals surface area (Å²) in [6.45, 7) is 5.06. The van der Waals surface area contributed by atoms with Crippen LogP contribution >= 0.6 is 0 Å². The van der Waals surface area contributed by atoms with E-state index in [1.807, 2.05) is 23.3 Å². The fourth-order valence-electron chi connectivity index (χ4n) is 6.97. The minimum Gasteiger partial charge on any atom is -0.375 e. The van der Waals surface area contributed by atoms with Crippen LogP contribution in [-0.2, 0) is 16.1 Å². The van der Waals surface area contributed by atoms with Crippen molar-refractivity contribution in [1.82, 2.24) is 49.2 Å². The van der Waals surface area contributed by atoms with Crippen LogP contribution in [-0.4, -0.2) is 100.0 Å². The zero-order valence-corrected chi connectivity index (χ0v) is 27.3. The van der Waals surface area contributed by atoms with E-state index in [-0.39, 0.29) is 30.0 Å². The number of nitrogens with one attached hydrogen (secondary N) is 1. The Labute approximate surface area is 283 Å². The topological polar surface area (TPSA) is 145 Å². The number of halogens is 3. The number of pyridine rings is 1. The van der Waals surface area contributed by atoms with Gasteiger partial charge in [-0.25, -0.2) is 43.1 Å². The van der Waals surface area contributed by atoms with Crippen molar-refractivity contribution in [3.63, 3.8) is 0 Å². The molecule has 1 fully saturated rings. The zero-order chi connectivity index (χ0) is 34.7. The molecule has 2 aliphatic rings. The molecule has 0 saturated carbocycles. The Hall–Kier alpha value is -5.71. The molecule has 0 aliphatic carbocycles. The average Bonchev–Trinajstić information content (AvgIpc) is 3.79. The molecule has 2 aliphatic heterocycles. The maximum atomic E-state index is 15.0. The van der Waals surface area contributed by atoms with Crippen molar-refractivity contribution in [2.45, 2.75) is 45.0 Å². The summed E-state index contributed by atoms with van der Waals surface area (Å²) >= 11 is 0. The molecule has 1 N–H and O–H groups in total. The van der Waals surface area contributed by atoms with Crippen molar-refractivity contribution >= 4 is 39.7 Å². The Morgan fingerprint density at radius 3 is 2.66 bits per heavy atom. The number of benzene rings is 1. The summed E-state index contributed by atoms with van der Waals surface area (Å²) < 4.78 is 52.7. The Balaban J connectivity index is 1.23. The number of nitrogens with zero attached hydrogens (tertiary/aromatic N) is 11. The molecule has 1 saturated heterocycles. The number of likely N-dealkylation sites (N-methyl/N-ethyl adjacent to an activating group) is 1. The zero-order valence-electron chi connectivity index (χ0n) is 27.3. The van der Waals surface area contributed by atoms with Crippen LogP contribution in [0.1, 0.15) is 19.2 Å². The van der Waals surface area contributed by atoms with Crippen LogP contribution in [0.5, 0.6) is 0 Å². The number of amides is 1. The van der Waals surface area contributed by atoms with Crippen LogP contribution in [0, 0.1) is 24.4 Å². The summed E-state index contributed by atoms with van der Waals surface area (Å²) in [6, 6.07) is 4.27. The van der Waals surface area contributed by atoms with E-state index in [4.69, 9.17) is 9.72 Å². The molecule has 14 nitrogen and oxygen atoms in total. The van der Waals surface area contributed by atoms with Crippen molar-refractivity contribution in [2.24, 2.45) is 0 Å². The maximum absolute atomic E-state index is 15.0. The van der Waals surface area contributed by atoms with E-state index >= 15 is 0 Å². The molecule has 50 heavy (non-hydrogen) atoms. The van der Waals surface area contributed by atoms with E-state index in [0.29, 0.717) is 71.4 Å². The van der Waals surface area contributed by atoms with Gasteiger partial charge in [0.2, 0.25) is 11.9 Å². The Kier molecular flexibility index (Phi) is 7.77. The molecule has 0 spiro atoms. The van der Waals surface area contributed by atoms with E-state index in [2.05, 4.69) is 35.3 Å². The molecule has 4 bridgehead atoms. The lowest BCUT2D eigenvalue weighted by Crippen LogP contribution is -2.47. The SMILES string of the molecule is CCO[C@H]1CN(C)C(=O)[C@@H]2C[C@@H](CN2c2ncnc3c2cnn3-c2ncc(F)cc2F)Nc2nccc(n2)-c2cc(F)cc3nc(C)n(c23)C1. The van der Waals surface area contributed by atoms with Gasteiger partial charge in [0.05, 0.1) is 47.2 Å². The third-order valence-electron chi connectivity index (χ3n) is 9.10. The monoisotopic (exact) mass is 684 g/mol. The molecule has 1 amide bonds. The van der Waals surface area contributed by atoms with Gasteiger partial charge in [-0.2, -0.15) is 9.78 Å². The summed E-state index contributed by atoms with van der Waals surface area (Å²) in [4.78, 5) is 44.5. The highest BCUT2D eigenvalue weighted by Crippen LogP contribution is 2.34. The smallest absolute Gasteiger partial charge is 0.245 e. The van der Waals surface area contributed by atoms with Crippen LogP contribution in [0.15, 0.2) is 49.2 Å². The number of carbonyl (C=O) groups is 1. The molecule has 0 radical (unpaired) electrons. The molecule has 6 aromatic rings.